The molecule has 1 aliphatic heterocycles. The Bertz CT molecular complexity index is 792. The van der Waals surface area contributed by atoms with Gasteiger partial charge in [0.2, 0.25) is 5.91 Å². The van der Waals surface area contributed by atoms with Crippen molar-refractivity contribution in [1.29, 1.82) is 0 Å². The molecule has 3 amide bonds. The number of hydrogen-bond acceptors (Lipinski definition) is 4. The number of anilines is 2. The molecule has 3 rings (SSSR count). The number of nitrogens with one attached hydrogen (secondary N) is 2. The minimum Gasteiger partial charge on any atom is -0.494 e. The molecule has 7 nitrogen and oxygen atoms in total. The van der Waals surface area contributed by atoms with Crippen LogP contribution in [0.15, 0.2) is 42.5 Å². The molecular weight excluding hydrogens is 332 g/mol. The fourth-order valence-corrected chi connectivity index (χ4v) is 2.89. The third kappa shape index (κ3) is 4.30. The van der Waals surface area contributed by atoms with Gasteiger partial charge >= 0.3 is 6.03 Å². The van der Waals surface area contributed by atoms with E-state index in [-0.39, 0.29) is 24.4 Å². The molecule has 0 saturated carbocycles. The maximum Gasteiger partial charge on any atom is 0.320 e. The number of hydrogen-bond donors (Lipinski definition) is 2. The second-order valence-corrected chi connectivity index (χ2v) is 6.09. The van der Waals surface area contributed by atoms with Gasteiger partial charge in [0.05, 0.1) is 12.6 Å². The highest BCUT2D eigenvalue weighted by Gasteiger charge is 2.31. The number of urea groups is 1. The number of benzene rings is 1. The van der Waals surface area contributed by atoms with Crippen molar-refractivity contribution in [3.05, 3.63) is 48.2 Å². The monoisotopic (exact) mass is 354 g/mol. The van der Waals surface area contributed by atoms with Crippen LogP contribution in [0.3, 0.4) is 0 Å². The summed E-state index contributed by atoms with van der Waals surface area (Å²) in [7, 11) is 0. The Hall–Kier alpha value is -3.09. The number of amides is 3. The molecule has 0 aliphatic carbocycles. The van der Waals surface area contributed by atoms with Crippen molar-refractivity contribution in [1.82, 2.24) is 10.3 Å². The van der Waals surface area contributed by atoms with Crippen molar-refractivity contribution in [3.8, 4) is 5.75 Å². The van der Waals surface area contributed by atoms with Crippen LogP contribution in [0.2, 0.25) is 0 Å². The molecule has 1 fully saturated rings. The van der Waals surface area contributed by atoms with E-state index in [4.69, 9.17) is 4.74 Å². The van der Waals surface area contributed by atoms with Gasteiger partial charge in [-0.2, -0.15) is 0 Å². The van der Waals surface area contributed by atoms with Gasteiger partial charge in [0.15, 0.2) is 0 Å². The van der Waals surface area contributed by atoms with Crippen LogP contribution in [0.25, 0.3) is 0 Å². The lowest BCUT2D eigenvalue weighted by Crippen LogP contribution is -2.39. The predicted octanol–water partition coefficient (Wildman–Crippen LogP) is 2.72. The lowest BCUT2D eigenvalue weighted by Gasteiger charge is -2.18. The SMILES string of the molecule is CCOc1ccc(N2C[C@H](NC(=O)Nc3cccc(C)n3)CC2=O)cc1. The van der Waals surface area contributed by atoms with Crippen LogP contribution < -0.4 is 20.3 Å². The van der Waals surface area contributed by atoms with Crippen LogP contribution >= 0.6 is 0 Å². The number of aromatic nitrogens is 1. The minimum absolute atomic E-state index is 0.0202. The molecule has 1 aromatic carbocycles. The van der Waals surface area contributed by atoms with Gasteiger partial charge in [-0.05, 0) is 50.2 Å². The maximum absolute atomic E-state index is 12.3. The van der Waals surface area contributed by atoms with Crippen LogP contribution in [-0.4, -0.2) is 36.1 Å². The summed E-state index contributed by atoms with van der Waals surface area (Å²) in [5, 5.41) is 5.52. The number of carbonyl (C=O) groups excluding carboxylic acids is 2. The molecule has 1 saturated heterocycles. The zero-order valence-corrected chi connectivity index (χ0v) is 14.9. The molecule has 136 valence electrons. The molecule has 1 aromatic heterocycles. The third-order valence-electron chi connectivity index (χ3n) is 4.05. The van der Waals surface area contributed by atoms with E-state index in [0.717, 1.165) is 17.1 Å². The first kappa shape index (κ1) is 17.7. The Morgan fingerprint density at radius 1 is 1.27 bits per heavy atom. The number of ether oxygens (including phenoxy) is 1. The van der Waals surface area contributed by atoms with Crippen LogP contribution in [-0.2, 0) is 4.79 Å². The summed E-state index contributed by atoms with van der Waals surface area (Å²) in [6, 6.07) is 12.2. The van der Waals surface area contributed by atoms with E-state index in [1.807, 2.05) is 50.2 Å². The van der Waals surface area contributed by atoms with Crippen LogP contribution in [0, 0.1) is 6.92 Å². The van der Waals surface area contributed by atoms with Gasteiger partial charge in [0, 0.05) is 24.3 Å². The average Bonchev–Trinajstić information content (AvgIpc) is 2.96. The third-order valence-corrected chi connectivity index (χ3v) is 4.05. The minimum atomic E-state index is -0.366. The van der Waals surface area contributed by atoms with Gasteiger partial charge in [-0.15, -0.1) is 0 Å². The van der Waals surface area contributed by atoms with Gasteiger partial charge in [0.1, 0.15) is 11.6 Å². The average molecular weight is 354 g/mol. The molecule has 7 heteroatoms. The Balaban J connectivity index is 1.58. The fourth-order valence-electron chi connectivity index (χ4n) is 2.89. The second kappa shape index (κ2) is 7.86. The number of pyridine rings is 1. The zero-order chi connectivity index (χ0) is 18.5. The second-order valence-electron chi connectivity index (χ2n) is 6.09. The summed E-state index contributed by atoms with van der Waals surface area (Å²) >= 11 is 0. The quantitative estimate of drug-likeness (QED) is 0.865. The van der Waals surface area contributed by atoms with Crippen molar-refractivity contribution < 1.29 is 14.3 Å². The molecular formula is C19H22N4O3. The topological polar surface area (TPSA) is 83.6 Å². The Morgan fingerprint density at radius 3 is 2.73 bits per heavy atom. The van der Waals surface area contributed by atoms with Crippen molar-refractivity contribution in [3.63, 3.8) is 0 Å². The van der Waals surface area contributed by atoms with E-state index < -0.39 is 0 Å². The molecule has 0 unspecified atom stereocenters. The molecule has 0 bridgehead atoms. The normalized spacial score (nSPS) is 16.5. The van der Waals surface area contributed by atoms with Crippen molar-refractivity contribution >= 4 is 23.4 Å². The van der Waals surface area contributed by atoms with E-state index in [1.54, 1.807) is 11.0 Å². The van der Waals surface area contributed by atoms with Gasteiger partial charge in [0.25, 0.3) is 0 Å². The Kier molecular flexibility index (Phi) is 5.36. The van der Waals surface area contributed by atoms with Crippen molar-refractivity contribution in [2.75, 3.05) is 23.4 Å². The maximum atomic E-state index is 12.3. The number of nitrogens with zero attached hydrogens (tertiary/aromatic N) is 2. The van der Waals surface area contributed by atoms with Gasteiger partial charge < -0.3 is 15.0 Å². The van der Waals surface area contributed by atoms with E-state index in [0.29, 0.717) is 19.0 Å². The first-order valence-corrected chi connectivity index (χ1v) is 8.59. The highest BCUT2D eigenvalue weighted by Crippen LogP contribution is 2.24. The summed E-state index contributed by atoms with van der Waals surface area (Å²) in [5.41, 5.74) is 1.61. The highest BCUT2D eigenvalue weighted by molar-refractivity contribution is 5.97. The summed E-state index contributed by atoms with van der Waals surface area (Å²) in [4.78, 5) is 30.3. The number of rotatable bonds is 5. The van der Waals surface area contributed by atoms with Crippen LogP contribution in [0.1, 0.15) is 19.0 Å². The first-order valence-electron chi connectivity index (χ1n) is 8.59. The van der Waals surface area contributed by atoms with Crippen LogP contribution in [0.4, 0.5) is 16.3 Å². The molecule has 2 N–H and O–H groups in total. The lowest BCUT2D eigenvalue weighted by atomic mass is 10.2. The van der Waals surface area contributed by atoms with Crippen molar-refractivity contribution in [2.45, 2.75) is 26.3 Å². The summed E-state index contributed by atoms with van der Waals surface area (Å²) in [5.74, 6) is 1.23. The number of carbonyl (C=O) groups is 2. The molecule has 1 aliphatic rings. The standard InChI is InChI=1S/C19H22N4O3/c1-3-26-16-9-7-15(8-10-16)23-12-14(11-18(23)24)21-19(25)22-17-6-4-5-13(2)20-17/h4-10,14H,3,11-12H2,1-2H3,(H2,20,21,22,25)/t14-/m1/s1. The molecule has 0 spiro atoms. The van der Waals surface area contributed by atoms with Gasteiger partial charge in [-0.3, -0.25) is 10.1 Å². The largest absolute Gasteiger partial charge is 0.494 e. The molecule has 26 heavy (non-hydrogen) atoms. The lowest BCUT2D eigenvalue weighted by molar-refractivity contribution is -0.117. The fraction of sp³-hybridized carbons (Fsp3) is 0.316. The Morgan fingerprint density at radius 2 is 2.04 bits per heavy atom. The Labute approximate surface area is 152 Å². The zero-order valence-electron chi connectivity index (χ0n) is 14.9. The summed E-state index contributed by atoms with van der Waals surface area (Å²) in [6.45, 7) is 4.80. The molecule has 2 aromatic rings. The molecule has 0 radical (unpaired) electrons. The molecule has 1 atom stereocenters. The first-order chi connectivity index (χ1) is 12.5. The van der Waals surface area contributed by atoms with Crippen LogP contribution in [0.5, 0.6) is 5.75 Å². The van der Waals surface area contributed by atoms with E-state index in [9.17, 15) is 9.59 Å². The molecule has 2 heterocycles. The summed E-state index contributed by atoms with van der Waals surface area (Å²) in [6.07, 6.45) is 0.266. The smallest absolute Gasteiger partial charge is 0.320 e. The van der Waals surface area contributed by atoms with E-state index in [1.165, 1.54) is 0 Å². The van der Waals surface area contributed by atoms with Crippen molar-refractivity contribution in [2.24, 2.45) is 0 Å². The van der Waals surface area contributed by atoms with Gasteiger partial charge in [-0.25, -0.2) is 9.78 Å². The van der Waals surface area contributed by atoms with E-state index in [2.05, 4.69) is 15.6 Å². The van der Waals surface area contributed by atoms with E-state index >= 15 is 0 Å². The van der Waals surface area contributed by atoms with Gasteiger partial charge in [-0.1, -0.05) is 6.07 Å². The number of aryl methyl sites for hydroxylation is 1. The highest BCUT2D eigenvalue weighted by atomic mass is 16.5. The summed E-state index contributed by atoms with van der Waals surface area (Å²) < 4.78 is 5.41. The predicted molar refractivity (Wildman–Crippen MR) is 99.5 cm³/mol.